The number of halogens is 1. The van der Waals surface area contributed by atoms with Crippen molar-refractivity contribution in [2.45, 2.75) is 13.8 Å². The van der Waals surface area contributed by atoms with Crippen LogP contribution >= 0.6 is 11.6 Å². The molecule has 0 saturated heterocycles. The summed E-state index contributed by atoms with van der Waals surface area (Å²) in [6.07, 6.45) is 0. The smallest absolute Gasteiger partial charge is 0.295 e. The molecule has 0 spiro atoms. The van der Waals surface area contributed by atoms with Crippen LogP contribution in [0.15, 0.2) is 86.8 Å². The maximum atomic E-state index is 13.4. The number of anilines is 1. The van der Waals surface area contributed by atoms with Crippen LogP contribution in [0.4, 0.5) is 5.69 Å². The molecule has 0 unspecified atom stereocenters. The number of amides is 1. The molecule has 0 aliphatic carbocycles. The molecule has 5 aromatic rings. The number of carbonyl (C=O) groups excluding carboxylic acids is 1. The van der Waals surface area contributed by atoms with Crippen LogP contribution in [0, 0.1) is 13.8 Å². The molecular weight excluding hydrogens is 506 g/mol. The Kier molecular flexibility index (Phi) is 6.65. The summed E-state index contributed by atoms with van der Waals surface area (Å²) >= 11 is 6.10. The van der Waals surface area contributed by atoms with Gasteiger partial charge >= 0.3 is 0 Å². The molecular formula is C29H24ClN3O5. The van der Waals surface area contributed by atoms with Gasteiger partial charge in [0.1, 0.15) is 11.3 Å². The number of aryl methyl sites for hydroxylation is 1. The Morgan fingerprint density at radius 3 is 2.42 bits per heavy atom. The van der Waals surface area contributed by atoms with Gasteiger partial charge in [0.15, 0.2) is 12.4 Å². The second-order valence-electron chi connectivity index (χ2n) is 8.87. The molecule has 1 N–H and O–H groups in total. The SMILES string of the molecule is Cc1ccc(-c2oc3ccc(Cl)cc3c(=O)c2OCC(=O)Nc2c(C)n(C)n(-c3ccccc3)c2=O)cc1. The maximum Gasteiger partial charge on any atom is 0.295 e. The summed E-state index contributed by atoms with van der Waals surface area (Å²) in [5.41, 5.74) is 2.50. The number of rotatable bonds is 6. The molecule has 0 fully saturated rings. The van der Waals surface area contributed by atoms with Gasteiger partial charge in [0.2, 0.25) is 11.2 Å². The van der Waals surface area contributed by atoms with E-state index in [9.17, 15) is 14.4 Å². The van der Waals surface area contributed by atoms with Gasteiger partial charge in [-0.25, -0.2) is 4.68 Å². The molecule has 2 heterocycles. The summed E-state index contributed by atoms with van der Waals surface area (Å²) < 4.78 is 14.9. The molecule has 9 heteroatoms. The van der Waals surface area contributed by atoms with Gasteiger partial charge in [0.25, 0.3) is 11.5 Å². The Balaban J connectivity index is 1.47. The first-order chi connectivity index (χ1) is 18.2. The van der Waals surface area contributed by atoms with Gasteiger partial charge in [0.05, 0.1) is 16.8 Å². The van der Waals surface area contributed by atoms with E-state index < -0.39 is 17.9 Å². The second-order valence-corrected chi connectivity index (χ2v) is 9.31. The summed E-state index contributed by atoms with van der Waals surface area (Å²) in [7, 11) is 1.73. The monoisotopic (exact) mass is 529 g/mol. The van der Waals surface area contributed by atoms with E-state index in [1.54, 1.807) is 42.9 Å². The fourth-order valence-corrected chi connectivity index (χ4v) is 4.37. The van der Waals surface area contributed by atoms with Gasteiger partial charge < -0.3 is 14.5 Å². The fraction of sp³-hybridized carbons (Fsp3) is 0.138. The lowest BCUT2D eigenvalue weighted by molar-refractivity contribution is -0.118. The number of benzene rings is 3. The molecule has 5 rings (SSSR count). The van der Waals surface area contributed by atoms with E-state index in [2.05, 4.69) is 5.32 Å². The third-order valence-corrected chi connectivity index (χ3v) is 6.53. The Morgan fingerprint density at radius 1 is 1.00 bits per heavy atom. The van der Waals surface area contributed by atoms with Gasteiger partial charge in [-0.05, 0) is 44.2 Å². The van der Waals surface area contributed by atoms with Crippen molar-refractivity contribution >= 4 is 34.2 Å². The number of ether oxygens (including phenoxy) is 1. The first kappa shape index (κ1) is 25.1. The second kappa shape index (κ2) is 10.1. The van der Waals surface area contributed by atoms with E-state index in [4.69, 9.17) is 20.8 Å². The number of nitrogens with zero attached hydrogens (tertiary/aromatic N) is 2. The number of nitrogens with one attached hydrogen (secondary N) is 1. The molecule has 0 aliphatic rings. The van der Waals surface area contributed by atoms with Crippen LogP contribution in [0.3, 0.4) is 0 Å². The van der Waals surface area contributed by atoms with Gasteiger partial charge in [-0.3, -0.25) is 19.1 Å². The largest absolute Gasteiger partial charge is 0.476 e. The molecule has 0 saturated carbocycles. The normalized spacial score (nSPS) is 11.1. The molecule has 0 radical (unpaired) electrons. The van der Waals surface area contributed by atoms with Crippen LogP contribution in [0.5, 0.6) is 5.75 Å². The highest BCUT2D eigenvalue weighted by molar-refractivity contribution is 6.31. The van der Waals surface area contributed by atoms with Crippen LogP contribution in [0.1, 0.15) is 11.3 Å². The Morgan fingerprint density at radius 2 is 1.71 bits per heavy atom. The molecule has 3 aromatic carbocycles. The highest BCUT2D eigenvalue weighted by atomic mass is 35.5. The average molecular weight is 530 g/mol. The summed E-state index contributed by atoms with van der Waals surface area (Å²) in [6.45, 7) is 3.16. The molecule has 0 atom stereocenters. The van der Waals surface area contributed by atoms with Crippen molar-refractivity contribution in [3.05, 3.63) is 110 Å². The van der Waals surface area contributed by atoms with Crippen molar-refractivity contribution in [2.24, 2.45) is 7.05 Å². The molecule has 0 bridgehead atoms. The first-order valence-corrected chi connectivity index (χ1v) is 12.2. The highest BCUT2D eigenvalue weighted by Crippen LogP contribution is 2.32. The van der Waals surface area contributed by atoms with Gasteiger partial charge in [-0.2, -0.15) is 0 Å². The molecule has 0 aliphatic heterocycles. The lowest BCUT2D eigenvalue weighted by atomic mass is 10.1. The third-order valence-electron chi connectivity index (χ3n) is 6.29. The van der Waals surface area contributed by atoms with Crippen molar-refractivity contribution in [2.75, 3.05) is 11.9 Å². The van der Waals surface area contributed by atoms with E-state index in [-0.39, 0.29) is 28.1 Å². The maximum absolute atomic E-state index is 13.4. The van der Waals surface area contributed by atoms with Crippen molar-refractivity contribution in [3.63, 3.8) is 0 Å². The lowest BCUT2D eigenvalue weighted by Crippen LogP contribution is -2.26. The predicted octanol–water partition coefficient (Wildman–Crippen LogP) is 5.24. The van der Waals surface area contributed by atoms with E-state index in [0.717, 1.165) is 5.56 Å². The number of hydrogen-bond acceptors (Lipinski definition) is 5. The fourth-order valence-electron chi connectivity index (χ4n) is 4.20. The minimum absolute atomic E-state index is 0.120. The van der Waals surface area contributed by atoms with E-state index in [1.807, 2.05) is 49.4 Å². The number of aromatic nitrogens is 2. The standard InChI is InChI=1S/C29H24ClN3O5/c1-17-9-11-19(12-10-17)27-28(26(35)22-15-20(30)13-14-23(22)38-27)37-16-24(34)31-25-18(2)32(3)33(29(25)36)21-7-5-4-6-8-21/h4-15H,16H2,1-3H3,(H,31,34). The number of hydrogen-bond donors (Lipinski definition) is 1. The van der Waals surface area contributed by atoms with Crippen molar-refractivity contribution in [3.8, 4) is 22.8 Å². The summed E-state index contributed by atoms with van der Waals surface area (Å²) in [4.78, 5) is 39.4. The van der Waals surface area contributed by atoms with Crippen molar-refractivity contribution in [1.82, 2.24) is 9.36 Å². The highest BCUT2D eigenvalue weighted by Gasteiger charge is 2.21. The van der Waals surface area contributed by atoms with Crippen molar-refractivity contribution in [1.29, 1.82) is 0 Å². The quantitative estimate of drug-likeness (QED) is 0.325. The zero-order valence-corrected chi connectivity index (χ0v) is 21.7. The topological polar surface area (TPSA) is 95.5 Å². The summed E-state index contributed by atoms with van der Waals surface area (Å²) in [5.74, 6) is -0.526. The number of para-hydroxylation sites is 1. The van der Waals surface area contributed by atoms with Gasteiger partial charge in [-0.15, -0.1) is 0 Å². The van der Waals surface area contributed by atoms with Crippen LogP contribution in [0.2, 0.25) is 5.02 Å². The molecule has 38 heavy (non-hydrogen) atoms. The molecule has 8 nitrogen and oxygen atoms in total. The van der Waals surface area contributed by atoms with Crippen LogP contribution in [-0.2, 0) is 11.8 Å². The van der Waals surface area contributed by atoms with Crippen LogP contribution < -0.4 is 21.0 Å². The van der Waals surface area contributed by atoms with Crippen molar-refractivity contribution < 1.29 is 13.9 Å². The number of carbonyl (C=O) groups is 1. The van der Waals surface area contributed by atoms with Gasteiger partial charge in [-0.1, -0.05) is 59.6 Å². The number of fused-ring (bicyclic) bond motifs is 1. The van der Waals surface area contributed by atoms with Crippen LogP contribution in [0.25, 0.3) is 28.0 Å². The zero-order valence-electron chi connectivity index (χ0n) is 20.9. The molecule has 1 amide bonds. The Labute approximate surface area is 222 Å². The average Bonchev–Trinajstić information content (AvgIpc) is 3.12. The Bertz CT molecular complexity index is 1780. The van der Waals surface area contributed by atoms with E-state index in [0.29, 0.717) is 27.6 Å². The van der Waals surface area contributed by atoms with E-state index in [1.165, 1.54) is 10.7 Å². The van der Waals surface area contributed by atoms with Gasteiger partial charge in [0, 0.05) is 17.6 Å². The van der Waals surface area contributed by atoms with E-state index >= 15 is 0 Å². The first-order valence-electron chi connectivity index (χ1n) is 11.8. The minimum atomic E-state index is -0.601. The third kappa shape index (κ3) is 4.62. The zero-order chi connectivity index (χ0) is 27.0. The molecule has 2 aromatic heterocycles. The molecule has 192 valence electrons. The lowest BCUT2D eigenvalue weighted by Gasteiger charge is -2.12. The summed E-state index contributed by atoms with van der Waals surface area (Å²) in [6, 6.07) is 21.2. The predicted molar refractivity (Wildman–Crippen MR) is 148 cm³/mol. The minimum Gasteiger partial charge on any atom is -0.476 e. The Hall–Kier alpha value is -4.56. The summed E-state index contributed by atoms with van der Waals surface area (Å²) in [5, 5.41) is 3.24. The van der Waals surface area contributed by atoms with Crippen LogP contribution in [-0.4, -0.2) is 21.9 Å².